The summed E-state index contributed by atoms with van der Waals surface area (Å²) < 4.78 is 5.64. The Bertz CT molecular complexity index is 331. The third-order valence-corrected chi connectivity index (χ3v) is 1.98. The van der Waals surface area contributed by atoms with Gasteiger partial charge in [-0.2, -0.15) is 0 Å². The van der Waals surface area contributed by atoms with Crippen molar-refractivity contribution in [3.8, 4) is 5.75 Å². The molecule has 2 nitrogen and oxygen atoms in total. The summed E-state index contributed by atoms with van der Waals surface area (Å²) in [4.78, 5) is 0. The Labute approximate surface area is 85.4 Å². The molecule has 0 aromatic heterocycles. The van der Waals surface area contributed by atoms with Gasteiger partial charge >= 0.3 is 0 Å². The van der Waals surface area contributed by atoms with Crippen LogP contribution in [0.1, 0.15) is 18.1 Å². The van der Waals surface area contributed by atoms with Gasteiger partial charge in [0, 0.05) is 12.1 Å². The van der Waals surface area contributed by atoms with Gasteiger partial charge < -0.3 is 10.5 Å². The smallest absolute Gasteiger partial charge is 0.127 e. The van der Waals surface area contributed by atoms with Gasteiger partial charge in [-0.05, 0) is 25.0 Å². The minimum absolute atomic E-state index is 0.507. The molecule has 0 amide bonds. The molecule has 0 aliphatic heterocycles. The predicted molar refractivity (Wildman–Crippen MR) is 59.4 cm³/mol. The second-order valence-electron chi connectivity index (χ2n) is 3.51. The van der Waals surface area contributed by atoms with Gasteiger partial charge in [0.15, 0.2) is 0 Å². The molecule has 0 saturated carbocycles. The number of hydrogen-bond acceptors (Lipinski definition) is 2. The van der Waals surface area contributed by atoms with Crippen molar-refractivity contribution in [1.82, 2.24) is 0 Å². The summed E-state index contributed by atoms with van der Waals surface area (Å²) in [6.07, 6.45) is 0. The lowest BCUT2D eigenvalue weighted by Crippen LogP contribution is -2.05. The normalized spacial score (nSPS) is 9.93. The maximum absolute atomic E-state index is 5.64. The fourth-order valence-corrected chi connectivity index (χ4v) is 1.28. The molecule has 0 heterocycles. The minimum atomic E-state index is 0.507. The summed E-state index contributed by atoms with van der Waals surface area (Å²) in [5.74, 6) is 0.901. The highest BCUT2D eigenvalue weighted by Crippen LogP contribution is 2.23. The zero-order chi connectivity index (χ0) is 10.6. The van der Waals surface area contributed by atoms with Crippen molar-refractivity contribution in [1.29, 1.82) is 0 Å². The minimum Gasteiger partial charge on any atom is -0.489 e. The van der Waals surface area contributed by atoms with E-state index in [0.29, 0.717) is 13.2 Å². The van der Waals surface area contributed by atoms with Crippen LogP contribution in [0.25, 0.3) is 0 Å². The second kappa shape index (κ2) is 4.82. The first-order chi connectivity index (χ1) is 6.65. The van der Waals surface area contributed by atoms with E-state index >= 15 is 0 Å². The quantitative estimate of drug-likeness (QED) is 0.742. The molecule has 0 spiro atoms. The van der Waals surface area contributed by atoms with Crippen molar-refractivity contribution in [3.63, 3.8) is 0 Å². The molecule has 0 fully saturated rings. The van der Waals surface area contributed by atoms with Gasteiger partial charge in [-0.25, -0.2) is 0 Å². The van der Waals surface area contributed by atoms with Crippen LogP contribution in [0.4, 0.5) is 0 Å². The molecule has 1 aromatic carbocycles. The maximum atomic E-state index is 5.64. The van der Waals surface area contributed by atoms with E-state index in [9.17, 15) is 0 Å². The largest absolute Gasteiger partial charge is 0.489 e. The lowest BCUT2D eigenvalue weighted by Gasteiger charge is -2.12. The van der Waals surface area contributed by atoms with Gasteiger partial charge in [0.25, 0.3) is 0 Å². The van der Waals surface area contributed by atoms with Crippen molar-refractivity contribution in [2.75, 3.05) is 6.61 Å². The first-order valence-corrected chi connectivity index (χ1v) is 4.71. The Morgan fingerprint density at radius 2 is 2.21 bits per heavy atom. The van der Waals surface area contributed by atoms with E-state index < -0.39 is 0 Å². The monoisotopic (exact) mass is 191 g/mol. The predicted octanol–water partition coefficient (Wildman–Crippen LogP) is 2.41. The Balaban J connectivity index is 2.87. The molecule has 76 valence electrons. The van der Waals surface area contributed by atoms with Crippen LogP contribution in [0.15, 0.2) is 30.4 Å². The van der Waals surface area contributed by atoms with Crippen LogP contribution in [-0.2, 0) is 6.54 Å². The molecule has 2 heteroatoms. The third kappa shape index (κ3) is 2.60. The Kier molecular flexibility index (Phi) is 3.72. The highest BCUT2D eigenvalue weighted by molar-refractivity contribution is 5.40. The van der Waals surface area contributed by atoms with E-state index in [0.717, 1.165) is 22.4 Å². The molecule has 2 N–H and O–H groups in total. The van der Waals surface area contributed by atoms with Crippen molar-refractivity contribution in [3.05, 3.63) is 41.5 Å². The standard InChI is InChI=1S/C12H17NO/c1-9(2)8-14-12-10(3)5-4-6-11(12)7-13/h4-6H,1,7-8,13H2,2-3H3. The SMILES string of the molecule is C=C(C)COc1c(C)cccc1CN. The lowest BCUT2D eigenvalue weighted by atomic mass is 10.1. The van der Waals surface area contributed by atoms with Crippen LogP contribution < -0.4 is 10.5 Å². The van der Waals surface area contributed by atoms with Gasteiger partial charge in [-0.3, -0.25) is 0 Å². The number of ether oxygens (including phenoxy) is 1. The topological polar surface area (TPSA) is 35.2 Å². The molecule has 1 aromatic rings. The van der Waals surface area contributed by atoms with Crippen LogP contribution >= 0.6 is 0 Å². The first-order valence-electron chi connectivity index (χ1n) is 4.71. The summed E-state index contributed by atoms with van der Waals surface area (Å²) in [6.45, 7) is 8.83. The maximum Gasteiger partial charge on any atom is 0.127 e. The molecule has 0 aliphatic carbocycles. The van der Waals surface area contributed by atoms with Crippen molar-refractivity contribution < 1.29 is 4.74 Å². The van der Waals surface area contributed by atoms with Crippen LogP contribution in [0.5, 0.6) is 5.75 Å². The third-order valence-electron chi connectivity index (χ3n) is 1.98. The number of aryl methyl sites for hydroxylation is 1. The number of nitrogens with two attached hydrogens (primary N) is 1. The van der Waals surface area contributed by atoms with Crippen molar-refractivity contribution in [2.45, 2.75) is 20.4 Å². The highest BCUT2D eigenvalue weighted by atomic mass is 16.5. The number of para-hydroxylation sites is 1. The first kappa shape index (κ1) is 10.8. The Morgan fingerprint density at radius 1 is 1.50 bits per heavy atom. The van der Waals surface area contributed by atoms with Gasteiger partial charge in [-0.1, -0.05) is 24.8 Å². The fraction of sp³-hybridized carbons (Fsp3) is 0.333. The van der Waals surface area contributed by atoms with Gasteiger partial charge in [-0.15, -0.1) is 0 Å². The molecule has 0 aliphatic rings. The van der Waals surface area contributed by atoms with E-state index in [2.05, 4.69) is 6.58 Å². The summed E-state index contributed by atoms with van der Waals surface area (Å²) in [7, 11) is 0. The fourth-order valence-electron chi connectivity index (χ4n) is 1.28. The molecule has 14 heavy (non-hydrogen) atoms. The second-order valence-corrected chi connectivity index (χ2v) is 3.51. The molecule has 1 rings (SSSR count). The molecule has 0 unspecified atom stereocenters. The Hall–Kier alpha value is -1.28. The van der Waals surface area contributed by atoms with E-state index in [1.54, 1.807) is 0 Å². The van der Waals surface area contributed by atoms with Crippen LogP contribution in [0.2, 0.25) is 0 Å². The molecule has 0 atom stereocenters. The van der Waals surface area contributed by atoms with Crippen molar-refractivity contribution in [2.24, 2.45) is 5.73 Å². The zero-order valence-corrected chi connectivity index (χ0v) is 8.84. The number of rotatable bonds is 4. The molecule has 0 saturated heterocycles. The van der Waals surface area contributed by atoms with Crippen LogP contribution in [-0.4, -0.2) is 6.61 Å². The van der Waals surface area contributed by atoms with Gasteiger partial charge in [0.05, 0.1) is 0 Å². The molecule has 0 radical (unpaired) electrons. The van der Waals surface area contributed by atoms with Gasteiger partial charge in [0.1, 0.15) is 12.4 Å². The van der Waals surface area contributed by atoms with E-state index in [1.807, 2.05) is 32.0 Å². The van der Waals surface area contributed by atoms with Crippen LogP contribution in [0, 0.1) is 6.92 Å². The summed E-state index contributed by atoms with van der Waals surface area (Å²) in [5, 5.41) is 0. The Morgan fingerprint density at radius 3 is 2.79 bits per heavy atom. The number of benzene rings is 1. The van der Waals surface area contributed by atoms with Crippen LogP contribution in [0.3, 0.4) is 0 Å². The molecule has 0 bridgehead atoms. The lowest BCUT2D eigenvalue weighted by molar-refractivity contribution is 0.346. The van der Waals surface area contributed by atoms with Gasteiger partial charge in [0.2, 0.25) is 0 Å². The van der Waals surface area contributed by atoms with Crippen molar-refractivity contribution >= 4 is 0 Å². The van der Waals surface area contributed by atoms with E-state index in [1.165, 1.54) is 0 Å². The van der Waals surface area contributed by atoms with E-state index in [-0.39, 0.29) is 0 Å². The highest BCUT2D eigenvalue weighted by Gasteiger charge is 2.04. The number of hydrogen-bond donors (Lipinski definition) is 1. The van der Waals surface area contributed by atoms with E-state index in [4.69, 9.17) is 10.5 Å². The summed E-state index contributed by atoms with van der Waals surface area (Å²) in [5.41, 5.74) is 8.80. The summed E-state index contributed by atoms with van der Waals surface area (Å²) >= 11 is 0. The average Bonchev–Trinajstić information content (AvgIpc) is 2.15. The molecular formula is C12H17NO. The zero-order valence-electron chi connectivity index (χ0n) is 8.84. The molecular weight excluding hydrogens is 174 g/mol. The summed E-state index contributed by atoms with van der Waals surface area (Å²) in [6, 6.07) is 6.00. The average molecular weight is 191 g/mol.